The van der Waals surface area contributed by atoms with Crippen LogP contribution in [-0.2, 0) is 10.8 Å². The van der Waals surface area contributed by atoms with Crippen LogP contribution in [0.5, 0.6) is 0 Å². The van der Waals surface area contributed by atoms with E-state index in [1.54, 1.807) is 0 Å². The minimum atomic E-state index is 0.138. The predicted octanol–water partition coefficient (Wildman–Crippen LogP) is 10.4. The van der Waals surface area contributed by atoms with Crippen molar-refractivity contribution in [3.63, 3.8) is 0 Å². The van der Waals surface area contributed by atoms with E-state index in [4.69, 9.17) is 0 Å². The van der Waals surface area contributed by atoms with E-state index in [1.807, 2.05) is 0 Å². The molecule has 1 aliphatic rings. The van der Waals surface area contributed by atoms with Gasteiger partial charge in [-0.05, 0) is 89.4 Å². The van der Waals surface area contributed by atoms with Crippen molar-refractivity contribution in [2.75, 3.05) is 0 Å². The number of fused-ring (bicyclic) bond motifs is 3. The van der Waals surface area contributed by atoms with E-state index in [2.05, 4.69) is 139 Å². The van der Waals surface area contributed by atoms with Crippen LogP contribution in [0, 0.1) is 0 Å². The maximum atomic E-state index is 2.43. The first-order valence-electron chi connectivity index (χ1n) is 13.0. The van der Waals surface area contributed by atoms with Crippen LogP contribution < -0.4 is 0 Å². The summed E-state index contributed by atoms with van der Waals surface area (Å²) < 4.78 is 0. The summed E-state index contributed by atoms with van der Waals surface area (Å²) in [5.41, 5.74) is 13.5. The van der Waals surface area contributed by atoms with Crippen molar-refractivity contribution in [2.45, 2.75) is 52.4 Å². The molecule has 0 heterocycles. The van der Waals surface area contributed by atoms with E-state index < -0.39 is 0 Å². The van der Waals surface area contributed by atoms with Gasteiger partial charge in [-0.1, -0.05) is 126 Å². The lowest BCUT2D eigenvalue weighted by atomic mass is 9.83. The normalized spacial score (nSPS) is 12.7. The van der Waals surface area contributed by atoms with Crippen molar-refractivity contribution in [2.24, 2.45) is 0 Å². The molecule has 178 valence electrons. The molecule has 0 saturated heterocycles. The van der Waals surface area contributed by atoms with Crippen LogP contribution >= 0.6 is 0 Å². The molecule has 0 fully saturated rings. The molecule has 0 aliphatic heterocycles. The topological polar surface area (TPSA) is 0 Å². The molecule has 0 nitrogen and oxygen atoms in total. The molecule has 1 aliphatic carbocycles. The molecule has 0 spiro atoms. The van der Waals surface area contributed by atoms with Gasteiger partial charge in [-0.25, -0.2) is 0 Å². The second kappa shape index (κ2) is 7.93. The molecule has 0 radical (unpaired) electrons. The highest BCUT2D eigenvalue weighted by Crippen LogP contribution is 2.50. The van der Waals surface area contributed by atoms with Crippen molar-refractivity contribution >= 4 is 10.8 Å². The van der Waals surface area contributed by atoms with E-state index in [9.17, 15) is 0 Å². The summed E-state index contributed by atoms with van der Waals surface area (Å²) in [7, 11) is 0. The lowest BCUT2D eigenvalue weighted by molar-refractivity contribution is 0.590. The molecule has 0 N–H and O–H groups in total. The molecular formula is C36H34. The van der Waals surface area contributed by atoms with Crippen LogP contribution in [0.1, 0.15) is 52.7 Å². The Morgan fingerprint density at radius 1 is 0.389 bits per heavy atom. The number of benzene rings is 5. The van der Waals surface area contributed by atoms with Gasteiger partial charge in [0.15, 0.2) is 0 Å². The molecule has 0 unspecified atom stereocenters. The fraction of sp³-hybridized carbons (Fsp3) is 0.222. The molecule has 36 heavy (non-hydrogen) atoms. The van der Waals surface area contributed by atoms with E-state index >= 15 is 0 Å². The van der Waals surface area contributed by atoms with Gasteiger partial charge in [-0.15, -0.1) is 0 Å². The summed E-state index contributed by atoms with van der Waals surface area (Å²) >= 11 is 0. The molecule has 0 bridgehead atoms. The van der Waals surface area contributed by atoms with Gasteiger partial charge in [0.05, 0.1) is 0 Å². The summed E-state index contributed by atoms with van der Waals surface area (Å²) in [6, 6.07) is 36.7. The Morgan fingerprint density at radius 3 is 1.14 bits per heavy atom. The first kappa shape index (κ1) is 22.8. The van der Waals surface area contributed by atoms with E-state index in [0.29, 0.717) is 0 Å². The largest absolute Gasteiger partial charge is 0.0610 e. The van der Waals surface area contributed by atoms with Crippen molar-refractivity contribution in [1.82, 2.24) is 0 Å². The third kappa shape index (κ3) is 3.68. The average molecular weight is 467 g/mol. The van der Waals surface area contributed by atoms with Crippen molar-refractivity contribution in [1.29, 1.82) is 0 Å². The van der Waals surface area contributed by atoms with E-state index in [0.717, 1.165) is 0 Å². The quantitative estimate of drug-likeness (QED) is 0.238. The first-order chi connectivity index (χ1) is 17.1. The zero-order valence-corrected chi connectivity index (χ0v) is 22.2. The summed E-state index contributed by atoms with van der Waals surface area (Å²) in [5.74, 6) is 0. The monoisotopic (exact) mass is 466 g/mol. The summed E-state index contributed by atoms with van der Waals surface area (Å²) in [6.07, 6.45) is 0. The molecule has 0 amide bonds. The molecule has 0 atom stereocenters. The lowest BCUT2D eigenvalue weighted by Crippen LogP contribution is -2.10. The minimum Gasteiger partial charge on any atom is -0.0610 e. The number of rotatable bonds is 2. The van der Waals surface area contributed by atoms with Crippen LogP contribution in [0.4, 0.5) is 0 Å². The van der Waals surface area contributed by atoms with Crippen LogP contribution in [0.3, 0.4) is 0 Å². The van der Waals surface area contributed by atoms with Gasteiger partial charge in [-0.3, -0.25) is 0 Å². The zero-order valence-electron chi connectivity index (χ0n) is 22.2. The van der Waals surface area contributed by atoms with Crippen LogP contribution in [0.15, 0.2) is 97.1 Å². The van der Waals surface area contributed by atoms with Crippen LogP contribution in [-0.4, -0.2) is 0 Å². The van der Waals surface area contributed by atoms with Gasteiger partial charge in [0.1, 0.15) is 0 Å². The summed E-state index contributed by atoms with van der Waals surface area (Å²) in [6.45, 7) is 13.7. The highest BCUT2D eigenvalue weighted by Gasteiger charge is 2.24. The molecule has 5 aromatic rings. The number of hydrogen-bond acceptors (Lipinski definition) is 0. The van der Waals surface area contributed by atoms with Gasteiger partial charge >= 0.3 is 0 Å². The third-order valence-corrected chi connectivity index (χ3v) is 7.77. The number of hydrogen-bond donors (Lipinski definition) is 0. The predicted molar refractivity (Wildman–Crippen MR) is 157 cm³/mol. The Bertz CT molecular complexity index is 1480. The Morgan fingerprint density at radius 2 is 0.778 bits per heavy atom. The van der Waals surface area contributed by atoms with Gasteiger partial charge in [-0.2, -0.15) is 0 Å². The maximum Gasteiger partial charge on any atom is -0.00264 e. The first-order valence-corrected chi connectivity index (χ1v) is 13.0. The summed E-state index contributed by atoms with van der Waals surface area (Å²) in [4.78, 5) is 0. The SMILES string of the molecule is CC(C)(C)c1ccc(-c2cc3c(cc2-c2ccc(C(C)(C)C)cc2)-c2cccc4cccc-3c24)cc1. The molecule has 0 heteroatoms. The Kier molecular flexibility index (Phi) is 5.02. The highest BCUT2D eigenvalue weighted by molar-refractivity contribution is 6.16. The molecule has 0 aromatic heterocycles. The Labute approximate surface area is 215 Å². The second-order valence-corrected chi connectivity index (χ2v) is 12.3. The molecule has 6 rings (SSSR count). The van der Waals surface area contributed by atoms with Crippen molar-refractivity contribution < 1.29 is 0 Å². The van der Waals surface area contributed by atoms with Crippen LogP contribution in [0.2, 0.25) is 0 Å². The maximum absolute atomic E-state index is 2.43. The average Bonchev–Trinajstić information content (AvgIpc) is 3.17. The standard InChI is InChI=1S/C36H34/c1-35(2,3)26-17-13-23(14-18-26)30-21-32-28-11-7-9-25-10-8-12-29(34(25)28)33(32)22-31(30)24-15-19-27(20-16-24)36(4,5)6/h7-22H,1-6H3. The lowest BCUT2D eigenvalue weighted by Gasteiger charge is -2.21. The zero-order chi connectivity index (χ0) is 25.2. The summed E-state index contributed by atoms with van der Waals surface area (Å²) in [5, 5.41) is 2.69. The Balaban J connectivity index is 1.59. The molecular weight excluding hydrogens is 432 g/mol. The minimum absolute atomic E-state index is 0.138. The fourth-order valence-corrected chi connectivity index (χ4v) is 5.61. The molecule has 5 aromatic carbocycles. The fourth-order valence-electron chi connectivity index (χ4n) is 5.61. The van der Waals surface area contributed by atoms with E-state index in [1.165, 1.54) is 66.4 Å². The van der Waals surface area contributed by atoms with Gasteiger partial charge in [0.2, 0.25) is 0 Å². The smallest absolute Gasteiger partial charge is 0.00264 e. The van der Waals surface area contributed by atoms with Gasteiger partial charge < -0.3 is 0 Å². The van der Waals surface area contributed by atoms with Crippen molar-refractivity contribution in [3.8, 4) is 44.5 Å². The highest BCUT2D eigenvalue weighted by atomic mass is 14.3. The van der Waals surface area contributed by atoms with Gasteiger partial charge in [0.25, 0.3) is 0 Å². The second-order valence-electron chi connectivity index (χ2n) is 12.3. The van der Waals surface area contributed by atoms with Crippen molar-refractivity contribution in [3.05, 3.63) is 108 Å². The molecule has 0 saturated carbocycles. The van der Waals surface area contributed by atoms with E-state index in [-0.39, 0.29) is 10.8 Å². The third-order valence-electron chi connectivity index (χ3n) is 7.77. The Hall–Kier alpha value is -3.64. The van der Waals surface area contributed by atoms with Crippen LogP contribution in [0.25, 0.3) is 55.3 Å². The van der Waals surface area contributed by atoms with Gasteiger partial charge in [0, 0.05) is 0 Å².